The first-order chi connectivity index (χ1) is 10.9. The molecule has 1 atom stereocenters. The summed E-state index contributed by atoms with van der Waals surface area (Å²) in [6.45, 7) is 2.51. The van der Waals surface area contributed by atoms with E-state index in [-0.39, 0.29) is 6.10 Å². The van der Waals surface area contributed by atoms with Crippen molar-refractivity contribution in [2.45, 2.75) is 25.5 Å². The fraction of sp³-hybridized carbons (Fsp3) is 0.429. The summed E-state index contributed by atoms with van der Waals surface area (Å²) >= 11 is 1.75. The van der Waals surface area contributed by atoms with Gasteiger partial charge < -0.3 is 9.64 Å². The number of ether oxygens (including phenoxy) is 1. The van der Waals surface area contributed by atoms with Crippen LogP contribution < -0.4 is 4.90 Å². The average molecular weight is 316 g/mol. The van der Waals surface area contributed by atoms with Gasteiger partial charge in [0.15, 0.2) is 11.5 Å². The molecule has 8 heteroatoms. The van der Waals surface area contributed by atoms with E-state index in [2.05, 4.69) is 43.0 Å². The Balaban J connectivity index is 1.61. The summed E-state index contributed by atoms with van der Waals surface area (Å²) in [5, 5.41) is 18.0. The normalized spacial score (nSPS) is 18.1. The van der Waals surface area contributed by atoms with Crippen LogP contribution in [-0.4, -0.2) is 44.5 Å². The minimum atomic E-state index is 0.270. The summed E-state index contributed by atoms with van der Waals surface area (Å²) < 4.78 is 7.25. The van der Waals surface area contributed by atoms with Crippen LogP contribution in [0.4, 0.5) is 5.82 Å². The Morgan fingerprint density at radius 2 is 2.36 bits per heavy atom. The van der Waals surface area contributed by atoms with E-state index in [1.807, 2.05) is 12.1 Å². The highest BCUT2D eigenvalue weighted by atomic mass is 32.1. The quantitative estimate of drug-likeness (QED) is 0.714. The molecule has 3 aromatic heterocycles. The first kappa shape index (κ1) is 13.6. The summed E-state index contributed by atoms with van der Waals surface area (Å²) in [7, 11) is 0. The first-order valence-electron chi connectivity index (χ1n) is 7.33. The molecule has 4 heterocycles. The molecule has 114 valence electrons. The summed E-state index contributed by atoms with van der Waals surface area (Å²) in [6.07, 6.45) is 2.51. The zero-order valence-electron chi connectivity index (χ0n) is 12.0. The van der Waals surface area contributed by atoms with E-state index in [4.69, 9.17) is 4.74 Å². The molecule has 0 N–H and O–H groups in total. The van der Waals surface area contributed by atoms with Crippen LogP contribution in [0.5, 0.6) is 0 Å². The third-order valence-electron chi connectivity index (χ3n) is 3.75. The van der Waals surface area contributed by atoms with Crippen molar-refractivity contribution in [1.82, 2.24) is 25.3 Å². The van der Waals surface area contributed by atoms with E-state index in [1.54, 1.807) is 11.3 Å². The molecule has 3 aromatic rings. The van der Waals surface area contributed by atoms with Crippen molar-refractivity contribution in [3.8, 4) is 0 Å². The van der Waals surface area contributed by atoms with Crippen LogP contribution in [0, 0.1) is 0 Å². The van der Waals surface area contributed by atoms with Crippen molar-refractivity contribution in [3.63, 3.8) is 0 Å². The molecule has 1 fully saturated rings. The van der Waals surface area contributed by atoms with Crippen molar-refractivity contribution < 1.29 is 4.74 Å². The van der Waals surface area contributed by atoms with Gasteiger partial charge in [-0.3, -0.25) is 0 Å². The topological polar surface area (TPSA) is 68.4 Å². The van der Waals surface area contributed by atoms with Crippen LogP contribution in [-0.2, 0) is 11.3 Å². The molecule has 1 aliphatic rings. The van der Waals surface area contributed by atoms with Crippen LogP contribution in [0.2, 0.25) is 0 Å². The summed E-state index contributed by atoms with van der Waals surface area (Å²) in [5.74, 6) is 0.865. The van der Waals surface area contributed by atoms with Gasteiger partial charge in [-0.2, -0.15) is 0 Å². The highest BCUT2D eigenvalue weighted by Gasteiger charge is 2.21. The molecule has 0 bridgehead atoms. The predicted octanol–water partition coefficient (Wildman–Crippen LogP) is 1.77. The van der Waals surface area contributed by atoms with Crippen molar-refractivity contribution in [2.75, 3.05) is 18.1 Å². The second-order valence-electron chi connectivity index (χ2n) is 5.31. The second kappa shape index (κ2) is 5.98. The van der Waals surface area contributed by atoms with E-state index >= 15 is 0 Å². The van der Waals surface area contributed by atoms with Crippen LogP contribution in [0.1, 0.15) is 17.7 Å². The van der Waals surface area contributed by atoms with Gasteiger partial charge in [0.05, 0.1) is 12.6 Å². The highest BCUT2D eigenvalue weighted by Crippen LogP contribution is 2.21. The van der Waals surface area contributed by atoms with Gasteiger partial charge >= 0.3 is 0 Å². The fourth-order valence-electron chi connectivity index (χ4n) is 2.67. The Hall–Kier alpha value is -2.06. The molecular weight excluding hydrogens is 300 g/mol. The molecular formula is C14H16N6OS. The first-order valence-corrected chi connectivity index (χ1v) is 8.21. The molecule has 22 heavy (non-hydrogen) atoms. The lowest BCUT2D eigenvalue weighted by molar-refractivity contribution is 0.115. The van der Waals surface area contributed by atoms with E-state index in [9.17, 15) is 0 Å². The van der Waals surface area contributed by atoms with Gasteiger partial charge in [-0.25, -0.2) is 0 Å². The van der Waals surface area contributed by atoms with Crippen molar-refractivity contribution in [1.29, 1.82) is 0 Å². The lowest BCUT2D eigenvalue weighted by Crippen LogP contribution is -2.32. The Bertz CT molecular complexity index is 737. The van der Waals surface area contributed by atoms with E-state index in [0.29, 0.717) is 5.65 Å². The Labute approximate surface area is 131 Å². The highest BCUT2D eigenvalue weighted by molar-refractivity contribution is 7.09. The molecule has 0 saturated carbocycles. The molecule has 0 aromatic carbocycles. The van der Waals surface area contributed by atoms with Crippen molar-refractivity contribution in [3.05, 3.63) is 34.5 Å². The number of aromatic nitrogens is 5. The average Bonchev–Trinajstić information content (AvgIpc) is 3.28. The smallest absolute Gasteiger partial charge is 0.200 e. The third-order valence-corrected chi connectivity index (χ3v) is 4.62. The Morgan fingerprint density at radius 3 is 3.18 bits per heavy atom. The zero-order chi connectivity index (χ0) is 14.8. The van der Waals surface area contributed by atoms with Gasteiger partial charge in [-0.15, -0.1) is 26.2 Å². The standard InChI is InChI=1S/C14H16N6OS/c1-3-11(21-7-1)9-19(10-12-4-2-8-22-12)14-6-5-13-15-17-18-20(13)16-14/h2,4-6,8,11H,1,3,7,9-10H2/t11-/m1/s1. The Kier molecular flexibility index (Phi) is 3.69. The van der Waals surface area contributed by atoms with E-state index in [1.165, 1.54) is 9.51 Å². The van der Waals surface area contributed by atoms with E-state index < -0.39 is 0 Å². The number of hydrogen-bond donors (Lipinski definition) is 0. The maximum atomic E-state index is 5.78. The lowest BCUT2D eigenvalue weighted by Gasteiger charge is -2.25. The van der Waals surface area contributed by atoms with Crippen molar-refractivity contribution in [2.24, 2.45) is 0 Å². The van der Waals surface area contributed by atoms with Crippen LogP contribution in [0.3, 0.4) is 0 Å². The molecule has 1 saturated heterocycles. The van der Waals surface area contributed by atoms with Gasteiger partial charge in [-0.05, 0) is 46.8 Å². The molecule has 0 unspecified atom stereocenters. The second-order valence-corrected chi connectivity index (χ2v) is 6.35. The number of tetrazole rings is 1. The molecule has 0 aliphatic carbocycles. The van der Waals surface area contributed by atoms with Crippen LogP contribution >= 0.6 is 11.3 Å². The molecule has 0 amide bonds. The van der Waals surface area contributed by atoms with Crippen molar-refractivity contribution >= 4 is 22.8 Å². The number of rotatable bonds is 5. The van der Waals surface area contributed by atoms with Gasteiger partial charge in [0.2, 0.25) is 0 Å². The van der Waals surface area contributed by atoms with Gasteiger partial charge in [0.1, 0.15) is 0 Å². The van der Waals surface area contributed by atoms with Gasteiger partial charge in [0, 0.05) is 18.0 Å². The largest absolute Gasteiger partial charge is 0.376 e. The molecule has 4 rings (SSSR count). The summed E-state index contributed by atoms with van der Waals surface area (Å²) in [5.41, 5.74) is 0.650. The third kappa shape index (κ3) is 2.79. The number of anilines is 1. The number of thiophene rings is 1. The number of fused-ring (bicyclic) bond motifs is 1. The predicted molar refractivity (Wildman–Crippen MR) is 82.9 cm³/mol. The molecule has 7 nitrogen and oxygen atoms in total. The minimum absolute atomic E-state index is 0.270. The van der Waals surface area contributed by atoms with Gasteiger partial charge in [-0.1, -0.05) is 6.07 Å². The minimum Gasteiger partial charge on any atom is -0.376 e. The fourth-order valence-corrected chi connectivity index (χ4v) is 3.39. The monoisotopic (exact) mass is 316 g/mol. The molecule has 0 spiro atoms. The lowest BCUT2D eigenvalue weighted by atomic mass is 10.2. The molecule has 1 aliphatic heterocycles. The zero-order valence-corrected chi connectivity index (χ0v) is 12.8. The maximum Gasteiger partial charge on any atom is 0.200 e. The Morgan fingerprint density at radius 1 is 1.36 bits per heavy atom. The van der Waals surface area contributed by atoms with E-state index in [0.717, 1.165) is 38.4 Å². The van der Waals surface area contributed by atoms with Crippen LogP contribution in [0.25, 0.3) is 5.65 Å². The van der Waals surface area contributed by atoms with Gasteiger partial charge in [0.25, 0.3) is 0 Å². The summed E-state index contributed by atoms with van der Waals surface area (Å²) in [6, 6.07) is 8.07. The van der Waals surface area contributed by atoms with Crippen LogP contribution in [0.15, 0.2) is 29.6 Å². The SMILES string of the molecule is c1csc(CN(C[C@H]2CCCO2)c2ccc3nnnn3n2)c1. The maximum absolute atomic E-state index is 5.78. The summed E-state index contributed by atoms with van der Waals surface area (Å²) in [4.78, 5) is 3.54. The number of hydrogen-bond acceptors (Lipinski definition) is 7. The number of nitrogens with zero attached hydrogens (tertiary/aromatic N) is 6. The molecule has 0 radical (unpaired) electrons.